The van der Waals surface area contributed by atoms with Gasteiger partial charge in [-0.25, -0.2) is 4.98 Å². The smallest absolute Gasteiger partial charge is 0.244 e. The first-order valence-electron chi connectivity index (χ1n) is 8.63. The molecule has 8 nitrogen and oxygen atoms in total. The third-order valence-electron chi connectivity index (χ3n) is 4.68. The highest BCUT2D eigenvalue weighted by Crippen LogP contribution is 2.29. The van der Waals surface area contributed by atoms with Crippen LogP contribution in [0.15, 0.2) is 42.9 Å². The van der Waals surface area contributed by atoms with E-state index in [4.69, 9.17) is 0 Å². The van der Waals surface area contributed by atoms with Gasteiger partial charge in [0.15, 0.2) is 0 Å². The number of rotatable bonds is 3. The van der Waals surface area contributed by atoms with Crippen molar-refractivity contribution in [3.8, 4) is 0 Å². The van der Waals surface area contributed by atoms with E-state index in [0.717, 1.165) is 37.7 Å². The van der Waals surface area contributed by atoms with Crippen LogP contribution in [0.1, 0.15) is 0 Å². The summed E-state index contributed by atoms with van der Waals surface area (Å²) in [4.78, 5) is 39.0. The van der Waals surface area contributed by atoms with E-state index in [1.165, 1.54) is 0 Å². The molecule has 1 aromatic carbocycles. The summed E-state index contributed by atoms with van der Waals surface area (Å²) < 4.78 is 0. The fourth-order valence-corrected chi connectivity index (χ4v) is 3.32. The number of carbonyl (C=O) groups excluding carboxylic acids is 2. The van der Waals surface area contributed by atoms with Gasteiger partial charge in [0, 0.05) is 38.6 Å². The van der Waals surface area contributed by atoms with Crippen LogP contribution in [0.3, 0.4) is 0 Å². The molecule has 4 rings (SSSR count). The monoisotopic (exact) mass is 352 g/mol. The highest BCUT2D eigenvalue weighted by atomic mass is 16.2. The number of para-hydroxylation sites is 2. The van der Waals surface area contributed by atoms with Crippen molar-refractivity contribution < 1.29 is 9.59 Å². The molecule has 26 heavy (non-hydrogen) atoms. The van der Waals surface area contributed by atoms with Gasteiger partial charge in [-0.1, -0.05) is 12.1 Å². The molecule has 1 saturated heterocycles. The topological polar surface area (TPSA) is 81.7 Å². The van der Waals surface area contributed by atoms with Crippen molar-refractivity contribution in [3.05, 3.63) is 42.9 Å². The Balaban J connectivity index is 1.38. The van der Waals surface area contributed by atoms with Crippen molar-refractivity contribution in [2.75, 3.05) is 54.4 Å². The first-order chi connectivity index (χ1) is 12.7. The van der Waals surface area contributed by atoms with Crippen LogP contribution in [0.4, 0.5) is 17.2 Å². The van der Waals surface area contributed by atoms with Crippen molar-refractivity contribution in [1.29, 1.82) is 0 Å². The number of nitrogens with zero attached hydrogens (tertiary/aromatic N) is 5. The Hall–Kier alpha value is -3.00. The van der Waals surface area contributed by atoms with E-state index in [1.54, 1.807) is 23.5 Å². The number of fused-ring (bicyclic) bond motifs is 1. The molecule has 8 heteroatoms. The summed E-state index contributed by atoms with van der Waals surface area (Å²) in [5, 5.41) is 2.81. The molecule has 2 amide bonds. The van der Waals surface area contributed by atoms with Gasteiger partial charge in [0.05, 0.1) is 24.1 Å². The van der Waals surface area contributed by atoms with Gasteiger partial charge in [0.1, 0.15) is 12.4 Å². The standard InChI is InChI=1S/C18H20N6O2/c25-17-12-24(15-4-2-1-3-14(15)21-17)18(26)13-22-7-9-23(10-8-22)16-11-19-5-6-20-16/h1-6,11H,7-10,12-13H2,(H,21,25). The molecule has 3 heterocycles. The molecule has 1 N–H and O–H groups in total. The van der Waals surface area contributed by atoms with Crippen molar-refractivity contribution in [1.82, 2.24) is 14.9 Å². The molecule has 0 saturated carbocycles. The lowest BCUT2D eigenvalue weighted by molar-refractivity contribution is -0.122. The zero-order chi connectivity index (χ0) is 17.9. The first-order valence-corrected chi connectivity index (χ1v) is 8.63. The predicted molar refractivity (Wildman–Crippen MR) is 98.1 cm³/mol. The van der Waals surface area contributed by atoms with Crippen LogP contribution >= 0.6 is 0 Å². The SMILES string of the molecule is O=C1CN(C(=O)CN2CCN(c3cnccn3)CC2)c2ccccc2N1. The summed E-state index contributed by atoms with van der Waals surface area (Å²) >= 11 is 0. The molecule has 1 aromatic heterocycles. The molecular weight excluding hydrogens is 332 g/mol. The van der Waals surface area contributed by atoms with Crippen LogP contribution in [0, 0.1) is 0 Å². The number of amides is 2. The van der Waals surface area contributed by atoms with Crippen molar-refractivity contribution in [3.63, 3.8) is 0 Å². The van der Waals surface area contributed by atoms with Gasteiger partial charge >= 0.3 is 0 Å². The summed E-state index contributed by atoms with van der Waals surface area (Å²) in [6.45, 7) is 3.49. The van der Waals surface area contributed by atoms with Crippen LogP contribution in [0.5, 0.6) is 0 Å². The van der Waals surface area contributed by atoms with Crippen LogP contribution in [-0.2, 0) is 9.59 Å². The Labute approximate surface area is 151 Å². The molecule has 0 spiro atoms. The van der Waals surface area contributed by atoms with Gasteiger partial charge in [-0.15, -0.1) is 0 Å². The molecule has 2 aliphatic heterocycles. The molecule has 0 aliphatic carbocycles. The summed E-state index contributed by atoms with van der Waals surface area (Å²) in [6.07, 6.45) is 5.10. The third kappa shape index (κ3) is 3.36. The maximum absolute atomic E-state index is 12.8. The van der Waals surface area contributed by atoms with Gasteiger partial charge < -0.3 is 10.2 Å². The molecule has 0 unspecified atom stereocenters. The molecule has 2 aromatic rings. The number of hydrogen-bond donors (Lipinski definition) is 1. The van der Waals surface area contributed by atoms with E-state index >= 15 is 0 Å². The lowest BCUT2D eigenvalue weighted by Crippen LogP contribution is -2.52. The summed E-state index contributed by atoms with van der Waals surface area (Å²) in [5.41, 5.74) is 1.44. The second-order valence-electron chi connectivity index (χ2n) is 6.37. The zero-order valence-electron chi connectivity index (χ0n) is 14.3. The van der Waals surface area contributed by atoms with Crippen molar-refractivity contribution in [2.24, 2.45) is 0 Å². The largest absolute Gasteiger partial charge is 0.353 e. The molecule has 134 valence electrons. The number of nitrogens with one attached hydrogen (secondary N) is 1. The normalized spacial score (nSPS) is 17.6. The summed E-state index contributed by atoms with van der Waals surface area (Å²) in [5.74, 6) is 0.643. The number of piperazine rings is 1. The van der Waals surface area contributed by atoms with E-state index < -0.39 is 0 Å². The maximum Gasteiger partial charge on any atom is 0.244 e. The van der Waals surface area contributed by atoms with Gasteiger partial charge in [0.25, 0.3) is 0 Å². The lowest BCUT2D eigenvalue weighted by atomic mass is 10.2. The van der Waals surface area contributed by atoms with Gasteiger partial charge in [0.2, 0.25) is 11.8 Å². The minimum Gasteiger partial charge on any atom is -0.353 e. The van der Waals surface area contributed by atoms with E-state index in [-0.39, 0.29) is 18.4 Å². The second kappa shape index (κ2) is 7.09. The maximum atomic E-state index is 12.8. The van der Waals surface area contributed by atoms with Crippen LogP contribution < -0.4 is 15.1 Å². The van der Waals surface area contributed by atoms with Gasteiger partial charge in [-0.3, -0.25) is 24.4 Å². The zero-order valence-corrected chi connectivity index (χ0v) is 14.3. The van der Waals surface area contributed by atoms with Crippen molar-refractivity contribution in [2.45, 2.75) is 0 Å². The number of anilines is 3. The van der Waals surface area contributed by atoms with E-state index in [0.29, 0.717) is 12.2 Å². The van der Waals surface area contributed by atoms with E-state index in [9.17, 15) is 9.59 Å². The minimum atomic E-state index is -0.162. The Kier molecular flexibility index (Phi) is 4.49. The van der Waals surface area contributed by atoms with Gasteiger partial charge in [-0.05, 0) is 12.1 Å². The molecule has 2 aliphatic rings. The molecule has 0 bridgehead atoms. The fourth-order valence-electron chi connectivity index (χ4n) is 3.32. The average molecular weight is 352 g/mol. The number of carbonyl (C=O) groups is 2. The fraction of sp³-hybridized carbons (Fsp3) is 0.333. The number of hydrogen-bond acceptors (Lipinski definition) is 6. The van der Waals surface area contributed by atoms with E-state index in [1.807, 2.05) is 24.3 Å². The van der Waals surface area contributed by atoms with Crippen molar-refractivity contribution >= 4 is 29.0 Å². The molecular formula is C18H20N6O2. The van der Waals surface area contributed by atoms with Gasteiger partial charge in [-0.2, -0.15) is 0 Å². The average Bonchev–Trinajstić information content (AvgIpc) is 2.68. The number of aromatic nitrogens is 2. The Bertz CT molecular complexity index is 804. The first kappa shape index (κ1) is 16.5. The predicted octanol–water partition coefficient (Wildman–Crippen LogP) is 0.584. The van der Waals surface area contributed by atoms with Crippen LogP contribution in [0.25, 0.3) is 0 Å². The molecule has 1 fully saturated rings. The van der Waals surface area contributed by atoms with Crippen LogP contribution in [-0.4, -0.2) is 66.0 Å². The minimum absolute atomic E-state index is 0.0553. The Morgan fingerprint density at radius 3 is 2.69 bits per heavy atom. The second-order valence-corrected chi connectivity index (χ2v) is 6.37. The van der Waals surface area contributed by atoms with E-state index in [2.05, 4.69) is 25.1 Å². The highest BCUT2D eigenvalue weighted by molar-refractivity contribution is 6.10. The Morgan fingerprint density at radius 2 is 1.92 bits per heavy atom. The summed E-state index contributed by atoms with van der Waals surface area (Å²) in [6, 6.07) is 7.39. The number of benzene rings is 1. The van der Waals surface area contributed by atoms with Crippen LogP contribution in [0.2, 0.25) is 0 Å². The highest BCUT2D eigenvalue weighted by Gasteiger charge is 2.28. The third-order valence-corrected chi connectivity index (χ3v) is 4.68. The molecule has 0 radical (unpaired) electrons. The lowest BCUT2D eigenvalue weighted by Gasteiger charge is -2.36. The molecule has 0 atom stereocenters. The summed E-state index contributed by atoms with van der Waals surface area (Å²) in [7, 11) is 0. The Morgan fingerprint density at radius 1 is 1.12 bits per heavy atom. The quantitative estimate of drug-likeness (QED) is 0.870.